The minimum absolute atomic E-state index is 0.101. The first-order valence-electron chi connectivity index (χ1n) is 7.99. The average molecular weight is 324 g/mol. The predicted octanol–water partition coefficient (Wildman–Crippen LogP) is 3.00. The number of benzene rings is 2. The van der Waals surface area contributed by atoms with Crippen LogP contribution in [0.2, 0.25) is 0 Å². The fraction of sp³-hybridized carbons (Fsp3) is 0.263. The van der Waals surface area contributed by atoms with Gasteiger partial charge in [-0.15, -0.1) is 0 Å². The molecule has 124 valence electrons. The molecule has 2 aromatic carbocycles. The monoisotopic (exact) mass is 324 g/mol. The highest BCUT2D eigenvalue weighted by Gasteiger charge is 2.24. The second-order valence-electron chi connectivity index (χ2n) is 5.74. The van der Waals surface area contributed by atoms with Crippen LogP contribution in [0.4, 0.5) is 11.4 Å². The van der Waals surface area contributed by atoms with Gasteiger partial charge in [0.2, 0.25) is 11.8 Å². The van der Waals surface area contributed by atoms with Crippen LogP contribution in [-0.4, -0.2) is 25.5 Å². The zero-order valence-corrected chi connectivity index (χ0v) is 13.6. The quantitative estimate of drug-likeness (QED) is 0.920. The topological polar surface area (TPSA) is 58.6 Å². The summed E-state index contributed by atoms with van der Waals surface area (Å²) in [5.41, 5.74) is 2.31. The summed E-state index contributed by atoms with van der Waals surface area (Å²) in [5, 5.41) is 2.92. The van der Waals surface area contributed by atoms with Gasteiger partial charge in [0.15, 0.2) is 0 Å². The van der Waals surface area contributed by atoms with Crippen molar-refractivity contribution in [3.05, 3.63) is 54.1 Å². The highest BCUT2D eigenvalue weighted by atomic mass is 16.5. The number of hydrogen-bond donors (Lipinski definition) is 1. The molecule has 0 bridgehead atoms. The highest BCUT2D eigenvalue weighted by Crippen LogP contribution is 2.29. The molecule has 5 nitrogen and oxygen atoms in total. The molecule has 1 saturated heterocycles. The second kappa shape index (κ2) is 7.17. The van der Waals surface area contributed by atoms with Gasteiger partial charge in [-0.25, -0.2) is 0 Å². The lowest BCUT2D eigenvalue weighted by Crippen LogP contribution is -2.25. The van der Waals surface area contributed by atoms with Crippen molar-refractivity contribution < 1.29 is 14.3 Å². The summed E-state index contributed by atoms with van der Waals surface area (Å²) in [6.07, 6.45) is 1.66. The van der Waals surface area contributed by atoms with E-state index >= 15 is 0 Å². The molecule has 1 N–H and O–H groups in total. The van der Waals surface area contributed by atoms with E-state index in [0.717, 1.165) is 23.4 Å². The van der Waals surface area contributed by atoms with Crippen molar-refractivity contribution in [2.45, 2.75) is 19.3 Å². The number of carbonyl (C=O) groups is 2. The largest absolute Gasteiger partial charge is 0.497 e. The summed E-state index contributed by atoms with van der Waals surface area (Å²) < 4.78 is 5.18. The van der Waals surface area contributed by atoms with E-state index in [-0.39, 0.29) is 18.2 Å². The van der Waals surface area contributed by atoms with Crippen molar-refractivity contribution in [3.63, 3.8) is 0 Å². The molecule has 2 amide bonds. The molecule has 0 atom stereocenters. The lowest BCUT2D eigenvalue weighted by Gasteiger charge is -2.20. The Kier molecular flexibility index (Phi) is 4.79. The van der Waals surface area contributed by atoms with E-state index in [0.29, 0.717) is 18.7 Å². The summed E-state index contributed by atoms with van der Waals surface area (Å²) in [5.74, 6) is 0.704. The third-order valence-electron chi connectivity index (χ3n) is 4.04. The number of para-hydroxylation sites is 2. The van der Waals surface area contributed by atoms with Gasteiger partial charge in [0.25, 0.3) is 0 Å². The van der Waals surface area contributed by atoms with Crippen LogP contribution in [0.25, 0.3) is 0 Å². The molecule has 0 unspecified atom stereocenters. The van der Waals surface area contributed by atoms with Crippen molar-refractivity contribution in [3.8, 4) is 5.75 Å². The molecule has 0 saturated carbocycles. The van der Waals surface area contributed by atoms with Gasteiger partial charge in [-0.1, -0.05) is 24.3 Å². The van der Waals surface area contributed by atoms with Gasteiger partial charge in [0.1, 0.15) is 5.75 Å². The first-order chi connectivity index (χ1) is 11.7. The van der Waals surface area contributed by atoms with E-state index < -0.39 is 0 Å². The summed E-state index contributed by atoms with van der Waals surface area (Å²) in [4.78, 5) is 26.1. The summed E-state index contributed by atoms with van der Waals surface area (Å²) in [6.45, 7) is 0.696. The Balaban J connectivity index is 1.73. The standard InChI is InChI=1S/C19H20N2O3/c1-24-15-7-4-6-14(12-15)13-18(22)20-16-8-2-3-9-17(16)21-11-5-10-19(21)23/h2-4,6-9,12H,5,10-11,13H2,1H3,(H,20,22). The van der Waals surface area contributed by atoms with E-state index in [2.05, 4.69) is 5.32 Å². The number of carbonyl (C=O) groups excluding carboxylic acids is 2. The molecule has 0 aromatic heterocycles. The van der Waals surface area contributed by atoms with Crippen LogP contribution in [0, 0.1) is 0 Å². The molecule has 1 aliphatic heterocycles. The fourth-order valence-corrected chi connectivity index (χ4v) is 2.88. The van der Waals surface area contributed by atoms with Crippen LogP contribution in [0.3, 0.4) is 0 Å². The van der Waals surface area contributed by atoms with Crippen molar-refractivity contribution in [2.24, 2.45) is 0 Å². The SMILES string of the molecule is COc1cccc(CC(=O)Nc2ccccc2N2CCCC2=O)c1. The zero-order chi connectivity index (χ0) is 16.9. The van der Waals surface area contributed by atoms with Gasteiger partial charge in [-0.2, -0.15) is 0 Å². The minimum Gasteiger partial charge on any atom is -0.497 e. The molecular formula is C19H20N2O3. The molecular weight excluding hydrogens is 304 g/mol. The first kappa shape index (κ1) is 16.1. The Hall–Kier alpha value is -2.82. The van der Waals surface area contributed by atoms with Crippen molar-refractivity contribution in [1.29, 1.82) is 0 Å². The number of methoxy groups -OCH3 is 1. The van der Waals surface area contributed by atoms with Crippen molar-refractivity contribution >= 4 is 23.2 Å². The summed E-state index contributed by atoms with van der Waals surface area (Å²) in [7, 11) is 1.60. The maximum atomic E-state index is 12.4. The molecule has 1 fully saturated rings. The van der Waals surface area contributed by atoms with E-state index in [1.54, 1.807) is 12.0 Å². The number of nitrogens with one attached hydrogen (secondary N) is 1. The highest BCUT2D eigenvalue weighted by molar-refractivity contribution is 6.02. The zero-order valence-electron chi connectivity index (χ0n) is 13.6. The molecule has 1 heterocycles. The Morgan fingerprint density at radius 3 is 2.79 bits per heavy atom. The smallest absolute Gasteiger partial charge is 0.228 e. The number of hydrogen-bond acceptors (Lipinski definition) is 3. The van der Waals surface area contributed by atoms with Crippen molar-refractivity contribution in [1.82, 2.24) is 0 Å². The van der Waals surface area contributed by atoms with E-state index in [1.807, 2.05) is 48.5 Å². The number of rotatable bonds is 5. The van der Waals surface area contributed by atoms with Gasteiger partial charge in [-0.05, 0) is 36.2 Å². The van der Waals surface area contributed by atoms with Gasteiger partial charge in [0, 0.05) is 13.0 Å². The van der Waals surface area contributed by atoms with Crippen LogP contribution in [-0.2, 0) is 16.0 Å². The number of nitrogens with zero attached hydrogens (tertiary/aromatic N) is 1. The molecule has 0 aliphatic carbocycles. The molecule has 0 spiro atoms. The van der Waals surface area contributed by atoms with Crippen molar-refractivity contribution in [2.75, 3.05) is 23.9 Å². The van der Waals surface area contributed by atoms with Crippen LogP contribution in [0.1, 0.15) is 18.4 Å². The molecule has 3 rings (SSSR count). The van der Waals surface area contributed by atoms with Gasteiger partial charge < -0.3 is 15.0 Å². The van der Waals surface area contributed by atoms with E-state index in [4.69, 9.17) is 4.74 Å². The second-order valence-corrected chi connectivity index (χ2v) is 5.74. The summed E-state index contributed by atoms with van der Waals surface area (Å²) >= 11 is 0. The van der Waals surface area contributed by atoms with Crippen LogP contribution in [0.5, 0.6) is 5.75 Å². The van der Waals surface area contributed by atoms with E-state index in [9.17, 15) is 9.59 Å². The third-order valence-corrected chi connectivity index (χ3v) is 4.04. The Labute approximate surface area is 141 Å². The van der Waals surface area contributed by atoms with Gasteiger partial charge in [-0.3, -0.25) is 9.59 Å². The Morgan fingerprint density at radius 1 is 1.21 bits per heavy atom. The number of amides is 2. The number of anilines is 2. The minimum atomic E-state index is -0.123. The van der Waals surface area contributed by atoms with E-state index in [1.165, 1.54) is 0 Å². The van der Waals surface area contributed by atoms with Crippen LogP contribution in [0.15, 0.2) is 48.5 Å². The lowest BCUT2D eigenvalue weighted by atomic mass is 10.1. The van der Waals surface area contributed by atoms with Crippen LogP contribution >= 0.6 is 0 Å². The lowest BCUT2D eigenvalue weighted by molar-refractivity contribution is -0.117. The van der Waals surface area contributed by atoms with Crippen LogP contribution < -0.4 is 15.0 Å². The molecule has 5 heteroatoms. The first-order valence-corrected chi connectivity index (χ1v) is 7.99. The summed E-state index contributed by atoms with van der Waals surface area (Å²) in [6, 6.07) is 14.8. The molecule has 24 heavy (non-hydrogen) atoms. The van der Waals surface area contributed by atoms with Gasteiger partial charge in [0.05, 0.1) is 24.9 Å². The Morgan fingerprint density at radius 2 is 2.04 bits per heavy atom. The average Bonchev–Trinajstić information content (AvgIpc) is 3.01. The normalized spacial score (nSPS) is 13.9. The molecule has 1 aliphatic rings. The predicted molar refractivity (Wildman–Crippen MR) is 93.4 cm³/mol. The Bertz CT molecular complexity index is 758. The fourth-order valence-electron chi connectivity index (χ4n) is 2.88. The number of ether oxygens (including phenoxy) is 1. The maximum absolute atomic E-state index is 12.4. The van der Waals surface area contributed by atoms with Gasteiger partial charge >= 0.3 is 0 Å². The third kappa shape index (κ3) is 3.56. The molecule has 2 aromatic rings. The maximum Gasteiger partial charge on any atom is 0.228 e. The molecule has 0 radical (unpaired) electrons.